The molecule has 3 aromatic rings. The monoisotopic (exact) mass is 433 g/mol. The molecular weight excluding hydrogens is 409 g/mol. The van der Waals surface area contributed by atoms with E-state index in [9.17, 15) is 12.8 Å². The maximum atomic E-state index is 13.4. The predicted octanol–water partition coefficient (Wildman–Crippen LogP) is 2.96. The first-order valence-corrected chi connectivity index (χ1v) is 10.8. The minimum Gasteiger partial charge on any atom is -0.491 e. The number of imidazole rings is 1. The van der Waals surface area contributed by atoms with E-state index in [0.29, 0.717) is 35.9 Å². The van der Waals surface area contributed by atoms with Gasteiger partial charge in [0.1, 0.15) is 30.0 Å². The van der Waals surface area contributed by atoms with E-state index in [-0.39, 0.29) is 4.90 Å². The van der Waals surface area contributed by atoms with Crippen LogP contribution in [0.25, 0.3) is 0 Å². The highest BCUT2D eigenvalue weighted by molar-refractivity contribution is 7.89. The Morgan fingerprint density at radius 1 is 1.17 bits per heavy atom. The molecule has 0 saturated heterocycles. The van der Waals surface area contributed by atoms with Gasteiger partial charge in [-0.05, 0) is 48.4 Å². The van der Waals surface area contributed by atoms with Crippen LogP contribution in [0.4, 0.5) is 4.39 Å². The molecule has 0 saturated carbocycles. The van der Waals surface area contributed by atoms with E-state index >= 15 is 0 Å². The second kappa shape index (κ2) is 9.38. The van der Waals surface area contributed by atoms with Crippen molar-refractivity contribution in [2.75, 3.05) is 20.3 Å². The van der Waals surface area contributed by atoms with E-state index in [1.54, 1.807) is 50.2 Å². The molecule has 0 spiro atoms. The third-order valence-corrected chi connectivity index (χ3v) is 6.02. The van der Waals surface area contributed by atoms with Crippen LogP contribution < -0.4 is 9.46 Å². The fraction of sp³-hybridized carbons (Fsp3) is 0.286. The quantitative estimate of drug-likeness (QED) is 0.525. The number of ether oxygens (including phenoxy) is 2. The van der Waals surface area contributed by atoms with Gasteiger partial charge in [-0.2, -0.15) is 4.72 Å². The van der Waals surface area contributed by atoms with Crippen LogP contribution in [0, 0.1) is 12.7 Å². The van der Waals surface area contributed by atoms with E-state index < -0.39 is 21.9 Å². The van der Waals surface area contributed by atoms with Gasteiger partial charge in [0.05, 0.1) is 11.5 Å². The summed E-state index contributed by atoms with van der Waals surface area (Å²) in [5, 5.41) is 0. The van der Waals surface area contributed by atoms with E-state index in [4.69, 9.17) is 9.47 Å². The third-order valence-electron chi connectivity index (χ3n) is 4.59. The lowest BCUT2D eigenvalue weighted by atomic mass is 10.1. The lowest BCUT2D eigenvalue weighted by molar-refractivity contribution is 0.146. The van der Waals surface area contributed by atoms with Crippen molar-refractivity contribution in [1.29, 1.82) is 0 Å². The molecule has 7 nitrogen and oxygen atoms in total. The summed E-state index contributed by atoms with van der Waals surface area (Å²) in [4.78, 5) is 4.37. The van der Waals surface area contributed by atoms with Gasteiger partial charge in [-0.1, -0.05) is 12.1 Å². The van der Waals surface area contributed by atoms with Gasteiger partial charge >= 0.3 is 0 Å². The largest absolute Gasteiger partial charge is 0.491 e. The van der Waals surface area contributed by atoms with Gasteiger partial charge in [0.15, 0.2) is 0 Å². The number of nitrogens with zero attached hydrogens (tertiary/aromatic N) is 2. The average molecular weight is 434 g/mol. The Morgan fingerprint density at radius 3 is 2.50 bits per heavy atom. The summed E-state index contributed by atoms with van der Waals surface area (Å²) in [7, 11) is -0.555. The second-order valence-electron chi connectivity index (χ2n) is 6.77. The zero-order valence-corrected chi connectivity index (χ0v) is 17.8. The molecule has 30 heavy (non-hydrogen) atoms. The van der Waals surface area contributed by atoms with Gasteiger partial charge in [0, 0.05) is 26.6 Å². The number of hydrogen-bond donors (Lipinski definition) is 1. The molecule has 0 aliphatic rings. The van der Waals surface area contributed by atoms with Crippen LogP contribution in [0.2, 0.25) is 0 Å². The molecule has 0 aliphatic heterocycles. The maximum absolute atomic E-state index is 13.4. The summed E-state index contributed by atoms with van der Waals surface area (Å²) >= 11 is 0. The van der Waals surface area contributed by atoms with Crippen LogP contribution in [0.5, 0.6) is 5.75 Å². The highest BCUT2D eigenvalue weighted by Gasteiger charge is 2.26. The number of rotatable bonds is 9. The predicted molar refractivity (Wildman–Crippen MR) is 110 cm³/mol. The average Bonchev–Trinajstić information content (AvgIpc) is 3.14. The first-order valence-electron chi connectivity index (χ1n) is 9.29. The lowest BCUT2D eigenvalue weighted by Gasteiger charge is -2.20. The van der Waals surface area contributed by atoms with Crippen molar-refractivity contribution in [3.8, 4) is 5.75 Å². The Kier molecular flexibility index (Phi) is 6.86. The summed E-state index contributed by atoms with van der Waals surface area (Å²) in [6.07, 6.45) is 3.30. The summed E-state index contributed by atoms with van der Waals surface area (Å²) in [6, 6.07) is 9.51. The fourth-order valence-corrected chi connectivity index (χ4v) is 4.26. The van der Waals surface area contributed by atoms with Crippen molar-refractivity contribution in [3.05, 3.63) is 77.6 Å². The normalized spacial score (nSPS) is 12.7. The zero-order chi connectivity index (χ0) is 21.7. The first kappa shape index (κ1) is 21.9. The Labute approximate surface area is 175 Å². The van der Waals surface area contributed by atoms with E-state index in [1.165, 1.54) is 30.3 Å². The van der Waals surface area contributed by atoms with E-state index in [1.807, 2.05) is 0 Å². The molecule has 1 N–H and O–H groups in total. The molecule has 0 radical (unpaired) electrons. The molecule has 3 rings (SSSR count). The Hall–Kier alpha value is -2.75. The van der Waals surface area contributed by atoms with Crippen LogP contribution >= 0.6 is 0 Å². The molecule has 0 aliphatic carbocycles. The molecule has 1 aromatic heterocycles. The summed E-state index contributed by atoms with van der Waals surface area (Å²) in [5.74, 6) is 0.673. The highest BCUT2D eigenvalue weighted by atomic mass is 32.2. The second-order valence-corrected chi connectivity index (χ2v) is 8.48. The third kappa shape index (κ3) is 5.05. The molecule has 0 bridgehead atoms. The first-order chi connectivity index (χ1) is 14.3. The van der Waals surface area contributed by atoms with Crippen LogP contribution in [0.15, 0.2) is 59.8 Å². The SMILES string of the molecule is COCCOc1ccc(S(=O)(=O)NC(c2ccc(F)cc2)c2nccn2C)cc1C. The lowest BCUT2D eigenvalue weighted by Crippen LogP contribution is -2.31. The van der Waals surface area contributed by atoms with Crippen molar-refractivity contribution in [2.45, 2.75) is 17.9 Å². The van der Waals surface area contributed by atoms with Gasteiger partial charge in [-0.15, -0.1) is 0 Å². The topological polar surface area (TPSA) is 82.4 Å². The molecule has 0 amide bonds. The van der Waals surface area contributed by atoms with Crippen LogP contribution in [-0.2, 0) is 21.8 Å². The van der Waals surface area contributed by atoms with Gasteiger partial charge in [-0.25, -0.2) is 17.8 Å². The number of methoxy groups -OCH3 is 1. The van der Waals surface area contributed by atoms with E-state index in [2.05, 4.69) is 9.71 Å². The smallest absolute Gasteiger partial charge is 0.241 e. The van der Waals surface area contributed by atoms with Crippen molar-refractivity contribution >= 4 is 10.0 Å². The van der Waals surface area contributed by atoms with Crippen molar-refractivity contribution < 1.29 is 22.3 Å². The number of benzene rings is 2. The van der Waals surface area contributed by atoms with Gasteiger partial charge in [0.25, 0.3) is 0 Å². The van der Waals surface area contributed by atoms with Crippen LogP contribution in [0.1, 0.15) is 23.0 Å². The number of sulfonamides is 1. The Bertz CT molecular complexity index is 1100. The summed E-state index contributed by atoms with van der Waals surface area (Å²) in [6.45, 7) is 2.58. The molecule has 160 valence electrons. The minimum atomic E-state index is -3.90. The van der Waals surface area contributed by atoms with Crippen molar-refractivity contribution in [3.63, 3.8) is 0 Å². The minimum absolute atomic E-state index is 0.0976. The molecule has 1 atom stereocenters. The van der Waals surface area contributed by atoms with Crippen LogP contribution in [-0.4, -0.2) is 38.3 Å². The van der Waals surface area contributed by atoms with Crippen molar-refractivity contribution in [1.82, 2.24) is 14.3 Å². The van der Waals surface area contributed by atoms with Gasteiger partial charge in [-0.3, -0.25) is 0 Å². The Balaban J connectivity index is 1.91. The van der Waals surface area contributed by atoms with E-state index in [0.717, 1.165) is 0 Å². The fourth-order valence-electron chi connectivity index (χ4n) is 2.99. The molecular formula is C21H24FN3O4S. The highest BCUT2D eigenvalue weighted by Crippen LogP contribution is 2.26. The maximum Gasteiger partial charge on any atom is 0.241 e. The van der Waals surface area contributed by atoms with Crippen molar-refractivity contribution in [2.24, 2.45) is 7.05 Å². The number of nitrogens with one attached hydrogen (secondary N) is 1. The molecule has 1 unspecified atom stereocenters. The molecule has 2 aromatic carbocycles. The zero-order valence-electron chi connectivity index (χ0n) is 17.0. The molecule has 1 heterocycles. The Morgan fingerprint density at radius 2 is 1.90 bits per heavy atom. The molecule has 9 heteroatoms. The standard InChI is InChI=1S/C21H24FN3O4S/c1-15-14-18(8-9-19(15)29-13-12-28-3)30(26,27)24-20(21-23-10-11-25(21)2)16-4-6-17(22)7-5-16/h4-11,14,20,24H,12-13H2,1-3H3. The van der Waals surface area contributed by atoms with Crippen LogP contribution in [0.3, 0.4) is 0 Å². The number of aryl methyl sites for hydroxylation is 2. The number of halogens is 1. The molecule has 0 fully saturated rings. The van der Waals surface area contributed by atoms with Gasteiger partial charge in [0.2, 0.25) is 10.0 Å². The number of hydrogen-bond acceptors (Lipinski definition) is 5. The summed E-state index contributed by atoms with van der Waals surface area (Å²) in [5.41, 5.74) is 1.26. The summed E-state index contributed by atoms with van der Waals surface area (Å²) < 4.78 is 54.6. The number of aromatic nitrogens is 2. The van der Waals surface area contributed by atoms with Gasteiger partial charge < -0.3 is 14.0 Å².